The van der Waals surface area contributed by atoms with Crippen molar-refractivity contribution in [1.82, 2.24) is 29.5 Å². The van der Waals surface area contributed by atoms with Crippen LogP contribution in [0.15, 0.2) is 36.9 Å². The molecule has 0 amide bonds. The topological polar surface area (TPSA) is 75.0 Å². The minimum Gasteiger partial charge on any atom is -0.363 e. The average molecular weight is 279 g/mol. The van der Waals surface area contributed by atoms with Crippen LogP contribution in [-0.2, 0) is 0 Å². The standard InChI is InChI=1S/C14H13N7/c1-20(2)12-4-3-10-14(18-12)19-13(17-10)9-7-16-21-6-5-15-8-11(9)21/h3-8H,1-2H3,(H,17,18,19). The molecule has 4 aromatic rings. The van der Waals surface area contributed by atoms with Crippen LogP contribution in [0.4, 0.5) is 5.82 Å². The van der Waals surface area contributed by atoms with E-state index in [1.165, 1.54) is 0 Å². The Bertz CT molecular complexity index is 935. The van der Waals surface area contributed by atoms with Crippen LogP contribution in [0.25, 0.3) is 28.1 Å². The van der Waals surface area contributed by atoms with Gasteiger partial charge in [-0.1, -0.05) is 0 Å². The van der Waals surface area contributed by atoms with Crippen LogP contribution in [0.5, 0.6) is 0 Å². The molecule has 7 heteroatoms. The highest BCUT2D eigenvalue weighted by molar-refractivity contribution is 5.82. The number of aromatic nitrogens is 6. The summed E-state index contributed by atoms with van der Waals surface area (Å²) < 4.78 is 1.77. The van der Waals surface area contributed by atoms with Gasteiger partial charge in [-0.05, 0) is 12.1 Å². The number of aromatic amines is 1. The Morgan fingerprint density at radius 1 is 1.14 bits per heavy atom. The third-order valence-electron chi connectivity index (χ3n) is 3.37. The second-order valence-corrected chi connectivity index (χ2v) is 4.98. The van der Waals surface area contributed by atoms with Crippen molar-refractivity contribution in [3.05, 3.63) is 36.9 Å². The van der Waals surface area contributed by atoms with Crippen molar-refractivity contribution in [2.45, 2.75) is 0 Å². The molecule has 0 aliphatic heterocycles. The average Bonchev–Trinajstić information content (AvgIpc) is 3.09. The lowest BCUT2D eigenvalue weighted by atomic mass is 10.3. The molecule has 0 fully saturated rings. The van der Waals surface area contributed by atoms with E-state index in [9.17, 15) is 0 Å². The zero-order chi connectivity index (χ0) is 14.4. The molecular weight excluding hydrogens is 266 g/mol. The van der Waals surface area contributed by atoms with E-state index in [0.717, 1.165) is 28.2 Å². The summed E-state index contributed by atoms with van der Waals surface area (Å²) in [7, 11) is 3.91. The van der Waals surface area contributed by atoms with E-state index < -0.39 is 0 Å². The first-order valence-electron chi connectivity index (χ1n) is 6.54. The number of hydrogen-bond acceptors (Lipinski definition) is 5. The van der Waals surface area contributed by atoms with Gasteiger partial charge in [0.2, 0.25) is 0 Å². The van der Waals surface area contributed by atoms with E-state index in [1.807, 2.05) is 37.3 Å². The molecule has 104 valence electrons. The predicted molar refractivity (Wildman–Crippen MR) is 80.2 cm³/mol. The Hall–Kier alpha value is -2.96. The molecule has 0 aliphatic rings. The Balaban J connectivity index is 1.90. The van der Waals surface area contributed by atoms with Crippen LogP contribution in [0, 0.1) is 0 Å². The smallest absolute Gasteiger partial charge is 0.180 e. The highest BCUT2D eigenvalue weighted by Gasteiger charge is 2.12. The molecule has 0 aromatic carbocycles. The Kier molecular flexibility index (Phi) is 2.41. The zero-order valence-electron chi connectivity index (χ0n) is 11.6. The first kappa shape index (κ1) is 11.8. The number of nitrogens with one attached hydrogen (secondary N) is 1. The number of hydrogen-bond donors (Lipinski definition) is 1. The Morgan fingerprint density at radius 2 is 2.05 bits per heavy atom. The summed E-state index contributed by atoms with van der Waals surface area (Å²) in [4.78, 5) is 18.5. The molecule has 4 heterocycles. The molecule has 7 nitrogen and oxygen atoms in total. The number of imidazole rings is 1. The number of nitrogens with zero attached hydrogens (tertiary/aromatic N) is 6. The fourth-order valence-corrected chi connectivity index (χ4v) is 2.28. The second kappa shape index (κ2) is 4.27. The van der Waals surface area contributed by atoms with Crippen molar-refractivity contribution < 1.29 is 0 Å². The molecule has 0 saturated heterocycles. The number of fused-ring (bicyclic) bond motifs is 2. The maximum atomic E-state index is 4.57. The Morgan fingerprint density at radius 3 is 2.90 bits per heavy atom. The Labute approximate surface area is 120 Å². The van der Waals surface area contributed by atoms with E-state index in [-0.39, 0.29) is 0 Å². The van der Waals surface area contributed by atoms with Crippen LogP contribution in [0.2, 0.25) is 0 Å². The SMILES string of the molecule is CN(C)c1ccc2[nH]c(-c3cnn4ccncc34)nc2n1. The van der Waals surface area contributed by atoms with E-state index in [4.69, 9.17) is 0 Å². The largest absolute Gasteiger partial charge is 0.363 e. The third-order valence-corrected chi connectivity index (χ3v) is 3.37. The van der Waals surface area contributed by atoms with Gasteiger partial charge in [-0.25, -0.2) is 14.5 Å². The summed E-state index contributed by atoms with van der Waals surface area (Å²) in [6.07, 6.45) is 7.06. The lowest BCUT2D eigenvalue weighted by Crippen LogP contribution is -2.10. The lowest BCUT2D eigenvalue weighted by molar-refractivity contribution is 0.946. The summed E-state index contributed by atoms with van der Waals surface area (Å²) in [5.74, 6) is 1.62. The first-order valence-corrected chi connectivity index (χ1v) is 6.54. The fraction of sp³-hybridized carbons (Fsp3) is 0.143. The third kappa shape index (κ3) is 1.82. The van der Waals surface area contributed by atoms with E-state index >= 15 is 0 Å². The minimum absolute atomic E-state index is 0.694. The second-order valence-electron chi connectivity index (χ2n) is 4.98. The maximum absolute atomic E-state index is 4.57. The van der Waals surface area contributed by atoms with Gasteiger partial charge in [-0.15, -0.1) is 0 Å². The van der Waals surface area contributed by atoms with Crippen LogP contribution in [-0.4, -0.2) is 43.6 Å². The van der Waals surface area contributed by atoms with Crippen LogP contribution in [0.3, 0.4) is 0 Å². The van der Waals surface area contributed by atoms with Gasteiger partial charge in [0, 0.05) is 26.5 Å². The van der Waals surface area contributed by atoms with E-state index in [2.05, 4.69) is 25.0 Å². The van der Waals surface area contributed by atoms with Crippen LogP contribution < -0.4 is 4.90 Å². The van der Waals surface area contributed by atoms with Crippen molar-refractivity contribution in [2.75, 3.05) is 19.0 Å². The molecule has 21 heavy (non-hydrogen) atoms. The van der Waals surface area contributed by atoms with Gasteiger partial charge in [0.1, 0.15) is 11.6 Å². The molecule has 0 unspecified atom stereocenters. The van der Waals surface area contributed by atoms with Gasteiger partial charge < -0.3 is 9.88 Å². The van der Waals surface area contributed by atoms with Crippen molar-refractivity contribution in [3.63, 3.8) is 0 Å². The molecule has 0 radical (unpaired) electrons. The summed E-state index contributed by atoms with van der Waals surface area (Å²) in [6.45, 7) is 0. The monoisotopic (exact) mass is 279 g/mol. The van der Waals surface area contributed by atoms with Crippen molar-refractivity contribution in [3.8, 4) is 11.4 Å². The zero-order valence-corrected chi connectivity index (χ0v) is 11.6. The summed E-state index contributed by atoms with van der Waals surface area (Å²) >= 11 is 0. The molecule has 0 saturated carbocycles. The highest BCUT2D eigenvalue weighted by Crippen LogP contribution is 2.24. The van der Waals surface area contributed by atoms with E-state index in [0.29, 0.717) is 5.65 Å². The summed E-state index contributed by atoms with van der Waals surface area (Å²) in [5, 5.41) is 4.30. The maximum Gasteiger partial charge on any atom is 0.180 e. The van der Waals surface area contributed by atoms with Crippen molar-refractivity contribution in [2.24, 2.45) is 0 Å². The van der Waals surface area contributed by atoms with Crippen molar-refractivity contribution in [1.29, 1.82) is 0 Å². The molecule has 4 rings (SSSR count). The molecular formula is C14H13N7. The van der Waals surface area contributed by atoms with Crippen LogP contribution >= 0.6 is 0 Å². The fourth-order valence-electron chi connectivity index (χ4n) is 2.28. The summed E-state index contributed by atoms with van der Waals surface area (Å²) in [6, 6.07) is 3.94. The van der Waals surface area contributed by atoms with Crippen molar-refractivity contribution >= 4 is 22.5 Å². The van der Waals surface area contributed by atoms with Gasteiger partial charge in [-0.3, -0.25) is 4.98 Å². The van der Waals surface area contributed by atoms with Gasteiger partial charge in [-0.2, -0.15) is 5.10 Å². The normalized spacial score (nSPS) is 11.3. The molecule has 0 atom stereocenters. The first-order chi connectivity index (χ1) is 10.2. The number of H-pyrrole nitrogens is 1. The quantitative estimate of drug-likeness (QED) is 0.605. The number of anilines is 1. The molecule has 4 aromatic heterocycles. The van der Waals surface area contributed by atoms with Gasteiger partial charge in [0.05, 0.1) is 29.0 Å². The minimum atomic E-state index is 0.694. The number of pyridine rings is 1. The molecule has 0 spiro atoms. The number of rotatable bonds is 2. The highest BCUT2D eigenvalue weighted by atomic mass is 15.2. The predicted octanol–water partition coefficient (Wildman–Crippen LogP) is 1.73. The summed E-state index contributed by atoms with van der Waals surface area (Å²) in [5.41, 5.74) is 3.41. The van der Waals surface area contributed by atoms with Gasteiger partial charge in [0.25, 0.3) is 0 Å². The van der Waals surface area contributed by atoms with Gasteiger partial charge in [0.15, 0.2) is 5.65 Å². The molecule has 1 N–H and O–H groups in total. The van der Waals surface area contributed by atoms with E-state index in [1.54, 1.807) is 23.1 Å². The van der Waals surface area contributed by atoms with Crippen LogP contribution in [0.1, 0.15) is 0 Å². The molecule has 0 aliphatic carbocycles. The molecule has 0 bridgehead atoms. The van der Waals surface area contributed by atoms with Gasteiger partial charge >= 0.3 is 0 Å². The lowest BCUT2D eigenvalue weighted by Gasteiger charge is -2.09.